The van der Waals surface area contributed by atoms with Crippen molar-refractivity contribution in [2.45, 2.75) is 87.8 Å². The van der Waals surface area contributed by atoms with E-state index < -0.39 is 48.8 Å². The fourth-order valence-electron chi connectivity index (χ4n) is 6.66. The summed E-state index contributed by atoms with van der Waals surface area (Å²) in [5, 5.41) is 26.5. The number of alkyl halides is 6. The molecule has 248 valence electrons. The first-order valence-corrected chi connectivity index (χ1v) is 14.6. The number of benzene rings is 1. The maximum Gasteiger partial charge on any atom is 0.490 e. The van der Waals surface area contributed by atoms with Gasteiger partial charge in [-0.2, -0.15) is 26.3 Å². The molecule has 1 aliphatic carbocycles. The SMILES string of the molecule is NC(=O)c1cccc(C2C[C@H]3CC[C@@H](C2)N3CCN(CC2CCC(C(F)(F)F)CC2)C(=O)[C@@H](O)CO)c1.O=C(O)C(F)(F)F. The fraction of sp³-hybridized carbons (Fsp3) is 0.690. The second-order valence-corrected chi connectivity index (χ2v) is 11.8. The standard InChI is InChI=1S/C27H38F3N3O4.C2HF3O2/c28-27(29,30)21-6-4-17(5-7-21)15-32(26(37)24(35)16-34)10-11-33-22-8-9-23(33)14-20(13-22)18-2-1-3-19(12-18)25(31)36;3-2(4,5)1(6)7/h1-3,12,17,20-24,34-35H,4-11,13-16H2,(H2,31,36);(H,6,7)/t17?,20?,21?,22-,23+,24-;/m0./s1. The molecule has 2 aliphatic heterocycles. The summed E-state index contributed by atoms with van der Waals surface area (Å²) in [6.45, 7) is 0.596. The molecule has 1 aromatic rings. The maximum absolute atomic E-state index is 13.1. The van der Waals surface area contributed by atoms with Crippen LogP contribution in [0, 0.1) is 11.8 Å². The summed E-state index contributed by atoms with van der Waals surface area (Å²) in [5.74, 6) is -4.77. The highest BCUT2D eigenvalue weighted by molar-refractivity contribution is 5.92. The average Bonchev–Trinajstić information content (AvgIpc) is 3.19. The van der Waals surface area contributed by atoms with E-state index >= 15 is 0 Å². The van der Waals surface area contributed by atoms with Crippen molar-refractivity contribution in [3.05, 3.63) is 35.4 Å². The number of carbonyl (C=O) groups is 3. The Kier molecular flexibility index (Phi) is 12.1. The topological polar surface area (TPSA) is 144 Å². The molecule has 2 heterocycles. The number of fused-ring (bicyclic) bond motifs is 2. The molecular weight excluding hydrogens is 600 g/mol. The van der Waals surface area contributed by atoms with Crippen LogP contribution in [0.1, 0.15) is 73.2 Å². The first-order chi connectivity index (χ1) is 20.5. The number of nitrogens with zero attached hydrogens (tertiary/aromatic N) is 2. The molecule has 4 atom stereocenters. The van der Waals surface area contributed by atoms with E-state index in [0.717, 1.165) is 31.2 Å². The summed E-state index contributed by atoms with van der Waals surface area (Å²) in [4.78, 5) is 37.3. The zero-order valence-corrected chi connectivity index (χ0v) is 24.1. The summed E-state index contributed by atoms with van der Waals surface area (Å²) < 4.78 is 70.9. The molecule has 0 aromatic heterocycles. The van der Waals surface area contributed by atoms with Gasteiger partial charge in [0.1, 0.15) is 0 Å². The Hall–Kier alpha value is -2.91. The van der Waals surface area contributed by atoms with Gasteiger partial charge >= 0.3 is 18.3 Å². The predicted octanol–water partition coefficient (Wildman–Crippen LogP) is 3.68. The highest BCUT2D eigenvalue weighted by Crippen LogP contribution is 2.43. The van der Waals surface area contributed by atoms with Crippen LogP contribution in [-0.4, -0.2) is 99.7 Å². The first kappa shape index (κ1) is 35.6. The number of primary amides is 1. The van der Waals surface area contributed by atoms with E-state index in [9.17, 15) is 46.1 Å². The van der Waals surface area contributed by atoms with E-state index in [-0.39, 0.29) is 18.8 Å². The summed E-state index contributed by atoms with van der Waals surface area (Å²) in [7, 11) is 0. The molecular formula is C29H39F6N3O6. The monoisotopic (exact) mass is 639 g/mol. The molecule has 1 saturated carbocycles. The Morgan fingerprint density at radius 3 is 2.02 bits per heavy atom. The van der Waals surface area contributed by atoms with Gasteiger partial charge in [0.2, 0.25) is 5.91 Å². The predicted molar refractivity (Wildman–Crippen MR) is 145 cm³/mol. The Labute approximate surface area is 251 Å². The molecule has 9 nitrogen and oxygen atoms in total. The third kappa shape index (κ3) is 9.54. The van der Waals surface area contributed by atoms with Gasteiger partial charge in [0.25, 0.3) is 5.91 Å². The Morgan fingerprint density at radius 2 is 1.55 bits per heavy atom. The number of carbonyl (C=O) groups excluding carboxylic acids is 2. The second-order valence-electron chi connectivity index (χ2n) is 11.8. The lowest BCUT2D eigenvalue weighted by Crippen LogP contribution is -2.50. The summed E-state index contributed by atoms with van der Waals surface area (Å²) in [6.07, 6.45) is -5.90. The smallest absolute Gasteiger partial charge is 0.475 e. The van der Waals surface area contributed by atoms with Crippen LogP contribution in [0.3, 0.4) is 0 Å². The number of amides is 2. The number of halogens is 6. The molecule has 0 spiro atoms. The molecule has 15 heteroatoms. The van der Waals surface area contributed by atoms with Crippen molar-refractivity contribution in [3.8, 4) is 0 Å². The van der Waals surface area contributed by atoms with Crippen LogP contribution in [0.2, 0.25) is 0 Å². The van der Waals surface area contributed by atoms with Crippen molar-refractivity contribution in [1.82, 2.24) is 9.80 Å². The van der Waals surface area contributed by atoms with Gasteiger partial charge in [0, 0.05) is 37.3 Å². The van der Waals surface area contributed by atoms with Gasteiger partial charge in [-0.25, -0.2) is 4.79 Å². The number of aliphatic hydroxyl groups is 2. The van der Waals surface area contributed by atoms with Crippen LogP contribution < -0.4 is 5.73 Å². The van der Waals surface area contributed by atoms with Crippen LogP contribution in [0.15, 0.2) is 24.3 Å². The molecule has 4 rings (SSSR count). The van der Waals surface area contributed by atoms with Crippen LogP contribution in [0.5, 0.6) is 0 Å². The maximum atomic E-state index is 13.1. The molecule has 5 N–H and O–H groups in total. The number of carboxylic acid groups (broad SMARTS) is 1. The Bertz CT molecular complexity index is 1130. The molecule has 3 aliphatic rings. The number of piperidine rings is 1. The van der Waals surface area contributed by atoms with Gasteiger partial charge in [-0.1, -0.05) is 12.1 Å². The van der Waals surface area contributed by atoms with Crippen LogP contribution in [0.4, 0.5) is 26.3 Å². The van der Waals surface area contributed by atoms with Crippen molar-refractivity contribution in [2.75, 3.05) is 26.2 Å². The van der Waals surface area contributed by atoms with Gasteiger partial charge in [-0.3, -0.25) is 14.5 Å². The normalized spacial score (nSPS) is 26.3. The molecule has 0 radical (unpaired) electrons. The van der Waals surface area contributed by atoms with E-state index in [1.807, 2.05) is 18.2 Å². The summed E-state index contributed by atoms with van der Waals surface area (Å²) in [5.41, 5.74) is 7.08. The number of hydrogen-bond acceptors (Lipinski definition) is 6. The lowest BCUT2D eigenvalue weighted by Gasteiger charge is -2.41. The van der Waals surface area contributed by atoms with E-state index in [2.05, 4.69) is 4.90 Å². The van der Waals surface area contributed by atoms with Crippen molar-refractivity contribution < 1.29 is 56.0 Å². The van der Waals surface area contributed by atoms with Crippen molar-refractivity contribution >= 4 is 17.8 Å². The number of aliphatic carboxylic acids is 1. The van der Waals surface area contributed by atoms with Crippen molar-refractivity contribution in [3.63, 3.8) is 0 Å². The third-order valence-electron chi connectivity index (χ3n) is 8.96. The number of nitrogens with two attached hydrogens (primary N) is 1. The number of hydrogen-bond donors (Lipinski definition) is 4. The highest BCUT2D eigenvalue weighted by Gasteiger charge is 2.43. The molecule has 3 fully saturated rings. The quantitative estimate of drug-likeness (QED) is 0.302. The Morgan fingerprint density at radius 1 is 0.977 bits per heavy atom. The fourth-order valence-corrected chi connectivity index (χ4v) is 6.66. The number of carboxylic acids is 1. The number of rotatable bonds is 9. The van der Waals surface area contributed by atoms with Crippen LogP contribution >= 0.6 is 0 Å². The van der Waals surface area contributed by atoms with Gasteiger partial charge in [-0.15, -0.1) is 0 Å². The summed E-state index contributed by atoms with van der Waals surface area (Å²) >= 11 is 0. The van der Waals surface area contributed by atoms with Crippen LogP contribution in [0.25, 0.3) is 0 Å². The zero-order valence-electron chi connectivity index (χ0n) is 24.1. The van der Waals surface area contributed by atoms with Crippen molar-refractivity contribution in [1.29, 1.82) is 0 Å². The largest absolute Gasteiger partial charge is 0.490 e. The first-order valence-electron chi connectivity index (χ1n) is 14.6. The second kappa shape index (κ2) is 14.9. The molecule has 2 saturated heterocycles. The summed E-state index contributed by atoms with van der Waals surface area (Å²) in [6, 6.07) is 8.17. The minimum atomic E-state index is -5.08. The van der Waals surface area contributed by atoms with Gasteiger partial charge < -0.3 is 26.0 Å². The van der Waals surface area contributed by atoms with E-state index in [0.29, 0.717) is 56.0 Å². The molecule has 44 heavy (non-hydrogen) atoms. The minimum Gasteiger partial charge on any atom is -0.475 e. The van der Waals surface area contributed by atoms with Gasteiger partial charge in [-0.05, 0) is 80.9 Å². The molecule has 1 unspecified atom stereocenters. The average molecular weight is 640 g/mol. The molecule has 2 bridgehead atoms. The third-order valence-corrected chi connectivity index (χ3v) is 8.96. The Balaban J connectivity index is 0.000000676. The number of aliphatic hydroxyl groups excluding tert-OH is 2. The van der Waals surface area contributed by atoms with E-state index in [4.69, 9.17) is 15.6 Å². The highest BCUT2D eigenvalue weighted by atomic mass is 19.4. The van der Waals surface area contributed by atoms with Crippen molar-refractivity contribution in [2.24, 2.45) is 17.6 Å². The molecule has 1 aromatic carbocycles. The lowest BCUT2D eigenvalue weighted by molar-refractivity contribution is -0.192. The van der Waals surface area contributed by atoms with E-state index in [1.165, 1.54) is 0 Å². The van der Waals surface area contributed by atoms with Crippen LogP contribution in [-0.2, 0) is 9.59 Å². The van der Waals surface area contributed by atoms with Gasteiger partial charge in [0.05, 0.1) is 12.5 Å². The zero-order chi connectivity index (χ0) is 32.8. The van der Waals surface area contributed by atoms with Gasteiger partial charge in [0.15, 0.2) is 6.10 Å². The lowest BCUT2D eigenvalue weighted by atomic mass is 9.81. The minimum absolute atomic E-state index is 0.0477. The van der Waals surface area contributed by atoms with E-state index in [1.54, 1.807) is 11.0 Å². The molecule has 2 amide bonds.